The zero-order chi connectivity index (χ0) is 11.3. The standard InChI is InChI=1S/C10H11NO2S2/c1-3-4-13-9(12)8(5-11)10-14-6-7(2)15-10/h6H,3-4H2,1-2H3/b10-8+. The van der Waals surface area contributed by atoms with E-state index in [-0.39, 0.29) is 5.57 Å². The van der Waals surface area contributed by atoms with Gasteiger partial charge in [0.1, 0.15) is 6.07 Å². The number of rotatable bonds is 3. The summed E-state index contributed by atoms with van der Waals surface area (Å²) in [6, 6.07) is 1.90. The molecule has 0 bridgehead atoms. The fourth-order valence-corrected chi connectivity index (χ4v) is 2.99. The zero-order valence-electron chi connectivity index (χ0n) is 8.57. The van der Waals surface area contributed by atoms with Gasteiger partial charge in [0.25, 0.3) is 0 Å². The Hall–Kier alpha value is -0.860. The maximum atomic E-state index is 11.5. The molecule has 0 amide bonds. The van der Waals surface area contributed by atoms with Crippen molar-refractivity contribution in [1.29, 1.82) is 5.26 Å². The molecule has 5 heteroatoms. The topological polar surface area (TPSA) is 50.1 Å². The van der Waals surface area contributed by atoms with Crippen LogP contribution in [0.4, 0.5) is 0 Å². The lowest BCUT2D eigenvalue weighted by atomic mass is 10.3. The van der Waals surface area contributed by atoms with E-state index in [1.54, 1.807) is 0 Å². The molecule has 0 atom stereocenters. The van der Waals surface area contributed by atoms with Gasteiger partial charge in [0.2, 0.25) is 0 Å². The summed E-state index contributed by atoms with van der Waals surface area (Å²) in [6.45, 7) is 4.22. The monoisotopic (exact) mass is 241 g/mol. The predicted octanol–water partition coefficient (Wildman–Crippen LogP) is 3.02. The minimum absolute atomic E-state index is 0.117. The van der Waals surface area contributed by atoms with Crippen molar-refractivity contribution in [2.24, 2.45) is 0 Å². The van der Waals surface area contributed by atoms with E-state index in [1.807, 2.05) is 25.3 Å². The first-order valence-corrected chi connectivity index (χ1v) is 6.21. The highest BCUT2D eigenvalue weighted by atomic mass is 32.2. The van der Waals surface area contributed by atoms with E-state index < -0.39 is 5.97 Å². The van der Waals surface area contributed by atoms with E-state index in [0.717, 1.165) is 15.6 Å². The molecule has 0 aromatic rings. The minimum atomic E-state index is -0.516. The maximum Gasteiger partial charge on any atom is 0.350 e. The lowest BCUT2D eigenvalue weighted by molar-refractivity contribution is -0.138. The van der Waals surface area contributed by atoms with Gasteiger partial charge in [-0.25, -0.2) is 4.79 Å². The predicted molar refractivity (Wildman–Crippen MR) is 62.8 cm³/mol. The number of thioether (sulfide) groups is 2. The molecule has 1 aliphatic heterocycles. The fourth-order valence-electron chi connectivity index (χ4n) is 0.882. The third-order valence-corrected chi connectivity index (χ3v) is 3.95. The van der Waals surface area contributed by atoms with Crippen molar-refractivity contribution in [1.82, 2.24) is 0 Å². The summed E-state index contributed by atoms with van der Waals surface area (Å²) in [7, 11) is 0. The van der Waals surface area contributed by atoms with Gasteiger partial charge in [0, 0.05) is 0 Å². The van der Waals surface area contributed by atoms with Crippen LogP contribution in [0.5, 0.6) is 0 Å². The molecule has 0 fully saturated rings. The third kappa shape index (κ3) is 3.33. The number of allylic oxidation sites excluding steroid dienone is 1. The lowest BCUT2D eigenvalue weighted by Gasteiger charge is -2.03. The highest BCUT2D eigenvalue weighted by Crippen LogP contribution is 2.44. The van der Waals surface area contributed by atoms with Gasteiger partial charge in [-0.3, -0.25) is 0 Å². The van der Waals surface area contributed by atoms with E-state index in [4.69, 9.17) is 10.00 Å². The van der Waals surface area contributed by atoms with Crippen LogP contribution >= 0.6 is 23.5 Å². The molecule has 0 radical (unpaired) electrons. The lowest BCUT2D eigenvalue weighted by Crippen LogP contribution is -2.08. The van der Waals surface area contributed by atoms with Crippen molar-refractivity contribution in [3.05, 3.63) is 20.1 Å². The number of hydrogen-bond donors (Lipinski definition) is 0. The Morgan fingerprint density at radius 3 is 2.87 bits per heavy atom. The highest BCUT2D eigenvalue weighted by molar-refractivity contribution is 8.28. The van der Waals surface area contributed by atoms with Crippen LogP contribution in [0.1, 0.15) is 20.3 Å². The van der Waals surface area contributed by atoms with Crippen molar-refractivity contribution >= 4 is 29.5 Å². The molecule has 80 valence electrons. The Balaban J connectivity index is 2.73. The van der Waals surface area contributed by atoms with Gasteiger partial charge in [0.15, 0.2) is 5.57 Å². The molecular formula is C10H11NO2S2. The molecule has 1 rings (SSSR count). The van der Waals surface area contributed by atoms with Crippen LogP contribution < -0.4 is 0 Å². The molecule has 1 heterocycles. The summed E-state index contributed by atoms with van der Waals surface area (Å²) >= 11 is 2.84. The second kappa shape index (κ2) is 5.89. The second-order valence-corrected chi connectivity index (χ2v) is 5.25. The molecule has 0 aliphatic carbocycles. The first-order valence-electron chi connectivity index (χ1n) is 4.51. The van der Waals surface area contributed by atoms with Crippen LogP contribution in [0.25, 0.3) is 0 Å². The van der Waals surface area contributed by atoms with Gasteiger partial charge in [-0.15, -0.1) is 0 Å². The fraction of sp³-hybridized carbons (Fsp3) is 0.400. The molecule has 0 aromatic heterocycles. The highest BCUT2D eigenvalue weighted by Gasteiger charge is 2.20. The van der Waals surface area contributed by atoms with Crippen molar-refractivity contribution in [2.75, 3.05) is 6.61 Å². The first kappa shape index (κ1) is 12.2. The number of esters is 1. The maximum absolute atomic E-state index is 11.5. The largest absolute Gasteiger partial charge is 0.462 e. The summed E-state index contributed by atoms with van der Waals surface area (Å²) in [6.07, 6.45) is 0.761. The second-order valence-electron chi connectivity index (χ2n) is 2.86. The Morgan fingerprint density at radius 1 is 1.67 bits per heavy atom. The number of nitrogens with zero attached hydrogens (tertiary/aromatic N) is 1. The summed E-state index contributed by atoms with van der Waals surface area (Å²) in [5, 5.41) is 10.8. The number of carbonyl (C=O) groups is 1. The Labute approximate surface area is 97.6 Å². The Bertz CT molecular complexity index is 366. The summed E-state index contributed by atoms with van der Waals surface area (Å²) in [5.74, 6) is -0.516. The normalized spacial score (nSPS) is 18.1. The van der Waals surface area contributed by atoms with E-state index in [0.29, 0.717) is 6.61 Å². The average Bonchev–Trinajstić information content (AvgIpc) is 2.63. The smallest absolute Gasteiger partial charge is 0.350 e. The first-order chi connectivity index (χ1) is 7.19. The molecule has 0 N–H and O–H groups in total. The van der Waals surface area contributed by atoms with Gasteiger partial charge < -0.3 is 4.74 Å². The van der Waals surface area contributed by atoms with E-state index in [1.165, 1.54) is 23.5 Å². The molecule has 1 aliphatic rings. The number of carbonyl (C=O) groups excluding carboxylic acids is 1. The molecule has 0 unspecified atom stereocenters. The molecule has 0 aromatic carbocycles. The SMILES string of the molecule is CCCOC(=O)/C(C#N)=C1\SC=C(C)S1. The minimum Gasteiger partial charge on any atom is -0.462 e. The van der Waals surface area contributed by atoms with Gasteiger partial charge in [-0.05, 0) is 23.7 Å². The van der Waals surface area contributed by atoms with Crippen LogP contribution in [0.2, 0.25) is 0 Å². The van der Waals surface area contributed by atoms with Crippen LogP contribution in [0, 0.1) is 11.3 Å². The Kier molecular flexibility index (Phi) is 4.79. The number of hydrogen-bond acceptors (Lipinski definition) is 5. The van der Waals surface area contributed by atoms with E-state index >= 15 is 0 Å². The van der Waals surface area contributed by atoms with Crippen LogP contribution in [0.3, 0.4) is 0 Å². The summed E-state index contributed by atoms with van der Waals surface area (Å²) in [5.41, 5.74) is 0.117. The molecule has 0 saturated carbocycles. The van der Waals surface area contributed by atoms with Crippen LogP contribution in [-0.4, -0.2) is 12.6 Å². The summed E-state index contributed by atoms with van der Waals surface area (Å²) in [4.78, 5) is 12.6. The zero-order valence-corrected chi connectivity index (χ0v) is 10.2. The number of ether oxygens (including phenoxy) is 1. The van der Waals surface area contributed by atoms with Crippen molar-refractivity contribution in [2.45, 2.75) is 20.3 Å². The number of nitriles is 1. The molecule has 0 spiro atoms. The third-order valence-electron chi connectivity index (χ3n) is 1.54. The summed E-state index contributed by atoms with van der Waals surface area (Å²) < 4.78 is 5.64. The van der Waals surface area contributed by atoms with Crippen LogP contribution in [0.15, 0.2) is 20.1 Å². The van der Waals surface area contributed by atoms with Crippen molar-refractivity contribution in [3.8, 4) is 6.07 Å². The van der Waals surface area contributed by atoms with Gasteiger partial charge in [-0.2, -0.15) is 5.26 Å². The molecule has 15 heavy (non-hydrogen) atoms. The molecule has 3 nitrogen and oxygen atoms in total. The van der Waals surface area contributed by atoms with E-state index in [9.17, 15) is 4.79 Å². The quantitative estimate of drug-likeness (QED) is 0.432. The van der Waals surface area contributed by atoms with Crippen molar-refractivity contribution in [3.63, 3.8) is 0 Å². The van der Waals surface area contributed by atoms with Gasteiger partial charge in [-0.1, -0.05) is 30.4 Å². The average molecular weight is 241 g/mol. The van der Waals surface area contributed by atoms with Crippen LogP contribution in [-0.2, 0) is 9.53 Å². The molecular weight excluding hydrogens is 230 g/mol. The van der Waals surface area contributed by atoms with Gasteiger partial charge in [0.05, 0.1) is 10.8 Å². The van der Waals surface area contributed by atoms with Gasteiger partial charge >= 0.3 is 5.97 Å². The Morgan fingerprint density at radius 2 is 2.40 bits per heavy atom. The molecule has 0 saturated heterocycles. The van der Waals surface area contributed by atoms with Crippen molar-refractivity contribution < 1.29 is 9.53 Å². The van der Waals surface area contributed by atoms with E-state index in [2.05, 4.69) is 0 Å².